The van der Waals surface area contributed by atoms with Crippen molar-refractivity contribution >= 4 is 6.08 Å². The van der Waals surface area contributed by atoms with Crippen LogP contribution in [0.15, 0.2) is 78.9 Å². The second kappa shape index (κ2) is 10.8. The van der Waals surface area contributed by atoms with Gasteiger partial charge in [-0.2, -0.15) is 4.68 Å². The number of para-hydroxylation sites is 1. The Balaban J connectivity index is 1.39. The summed E-state index contributed by atoms with van der Waals surface area (Å²) in [6.45, 7) is 8.72. The number of phenolic OH excluding ortho intramolecular Hbond substituents is 1. The van der Waals surface area contributed by atoms with Crippen molar-refractivity contribution in [3.63, 3.8) is 0 Å². The highest BCUT2D eigenvalue weighted by molar-refractivity contribution is 5.49. The Labute approximate surface area is 212 Å². The van der Waals surface area contributed by atoms with E-state index in [2.05, 4.69) is 93.8 Å². The lowest BCUT2D eigenvalue weighted by molar-refractivity contribution is 0.113. The van der Waals surface area contributed by atoms with Gasteiger partial charge in [-0.15, -0.1) is 5.10 Å². The molecule has 4 aromatic rings. The van der Waals surface area contributed by atoms with Gasteiger partial charge in [0.15, 0.2) is 5.82 Å². The highest BCUT2D eigenvalue weighted by Gasteiger charge is 2.31. The van der Waals surface area contributed by atoms with Crippen LogP contribution in [0.1, 0.15) is 34.1 Å². The smallest absolute Gasteiger partial charge is 0.178 e. The topological polar surface area (TPSA) is 70.3 Å². The molecule has 7 nitrogen and oxygen atoms in total. The van der Waals surface area contributed by atoms with Crippen LogP contribution in [-0.4, -0.2) is 67.8 Å². The maximum absolute atomic E-state index is 10.3. The van der Waals surface area contributed by atoms with Gasteiger partial charge in [-0.25, -0.2) is 0 Å². The number of hydrogen-bond donors (Lipinski definition) is 1. The minimum absolute atomic E-state index is 0.173. The van der Waals surface area contributed by atoms with Crippen LogP contribution >= 0.6 is 0 Å². The lowest BCUT2D eigenvalue weighted by atomic mass is 10.0. The fourth-order valence-electron chi connectivity index (χ4n) is 4.99. The molecule has 5 rings (SSSR count). The molecule has 1 aliphatic rings. The third kappa shape index (κ3) is 5.22. The molecule has 3 aromatic carbocycles. The number of aromatic hydroxyl groups is 1. The Morgan fingerprint density at radius 3 is 2.33 bits per heavy atom. The molecule has 1 aliphatic heterocycles. The second-order valence-corrected chi connectivity index (χ2v) is 9.34. The zero-order valence-electron chi connectivity index (χ0n) is 20.8. The lowest BCUT2D eigenvalue weighted by Gasteiger charge is -2.38. The Hall–Kier alpha value is -3.81. The van der Waals surface area contributed by atoms with Crippen LogP contribution in [-0.2, 0) is 0 Å². The zero-order chi connectivity index (χ0) is 24.9. The molecule has 1 aromatic heterocycles. The van der Waals surface area contributed by atoms with E-state index in [0.717, 1.165) is 60.9 Å². The van der Waals surface area contributed by atoms with Crippen LogP contribution in [0.4, 0.5) is 0 Å². The first-order valence-corrected chi connectivity index (χ1v) is 12.4. The summed E-state index contributed by atoms with van der Waals surface area (Å²) >= 11 is 0. The molecule has 0 spiro atoms. The van der Waals surface area contributed by atoms with E-state index >= 15 is 0 Å². The summed E-state index contributed by atoms with van der Waals surface area (Å²) in [7, 11) is 0. The van der Waals surface area contributed by atoms with Crippen molar-refractivity contribution in [3.05, 3.63) is 107 Å². The van der Waals surface area contributed by atoms with Gasteiger partial charge in [-0.05, 0) is 58.7 Å². The average Bonchev–Trinajstić information content (AvgIpc) is 3.34. The Morgan fingerprint density at radius 1 is 0.889 bits per heavy atom. The Morgan fingerprint density at radius 2 is 1.61 bits per heavy atom. The molecule has 184 valence electrons. The number of benzene rings is 3. The molecule has 1 atom stereocenters. The fraction of sp³-hybridized carbons (Fsp3) is 0.276. The molecule has 0 bridgehead atoms. The molecular weight excluding hydrogens is 448 g/mol. The van der Waals surface area contributed by atoms with Crippen LogP contribution in [0.25, 0.3) is 11.8 Å². The molecule has 0 unspecified atom stereocenters. The summed E-state index contributed by atoms with van der Waals surface area (Å²) < 4.78 is 1.87. The number of aromatic nitrogens is 4. The Kier molecular flexibility index (Phi) is 7.21. The third-order valence-electron chi connectivity index (χ3n) is 6.82. The van der Waals surface area contributed by atoms with Crippen molar-refractivity contribution < 1.29 is 5.11 Å². The van der Waals surface area contributed by atoms with Crippen LogP contribution in [0.5, 0.6) is 5.75 Å². The van der Waals surface area contributed by atoms with Crippen LogP contribution in [0.2, 0.25) is 0 Å². The van der Waals surface area contributed by atoms with Crippen LogP contribution < -0.4 is 0 Å². The van der Waals surface area contributed by atoms with E-state index in [0.29, 0.717) is 0 Å². The summed E-state index contributed by atoms with van der Waals surface area (Å²) in [5.74, 6) is 1.00. The predicted molar refractivity (Wildman–Crippen MR) is 142 cm³/mol. The quantitative estimate of drug-likeness (QED) is 0.423. The van der Waals surface area contributed by atoms with Crippen LogP contribution in [0.3, 0.4) is 0 Å². The van der Waals surface area contributed by atoms with E-state index in [4.69, 9.17) is 0 Å². The van der Waals surface area contributed by atoms with Gasteiger partial charge in [-0.1, -0.05) is 72.8 Å². The van der Waals surface area contributed by atoms with E-state index in [1.165, 1.54) is 5.56 Å². The molecular formula is C29H32N6O. The van der Waals surface area contributed by atoms with Crippen molar-refractivity contribution in [2.45, 2.75) is 19.9 Å². The van der Waals surface area contributed by atoms with Crippen molar-refractivity contribution in [2.75, 3.05) is 32.7 Å². The maximum Gasteiger partial charge on any atom is 0.178 e. The number of hydrogen-bond acceptors (Lipinski definition) is 6. The van der Waals surface area contributed by atoms with E-state index in [1.54, 1.807) is 6.07 Å². The van der Waals surface area contributed by atoms with Gasteiger partial charge in [0, 0.05) is 32.7 Å². The van der Waals surface area contributed by atoms with Crippen LogP contribution in [0, 0.1) is 13.8 Å². The molecule has 0 saturated carbocycles. The Bertz CT molecular complexity index is 1300. The lowest BCUT2D eigenvalue weighted by Crippen LogP contribution is -2.48. The number of aryl methyl sites for hydroxylation is 2. The minimum Gasteiger partial charge on any atom is -0.508 e. The second-order valence-electron chi connectivity index (χ2n) is 9.34. The van der Waals surface area contributed by atoms with E-state index < -0.39 is 0 Å². The number of piperazine rings is 1. The molecule has 0 radical (unpaired) electrons. The standard InChI is InChI=1S/C29H32N6O/c1-22-9-6-10-23(2)27(22)35-29(30-31-32-35)28(25-14-7-15-26(36)21-25)34-19-17-33(18-20-34)16-8-13-24-11-4-3-5-12-24/h3-15,21,28,36H,16-20H2,1-2H3/t28-/m1/s1. The predicted octanol–water partition coefficient (Wildman–Crippen LogP) is 4.41. The maximum atomic E-state index is 10.3. The summed E-state index contributed by atoms with van der Waals surface area (Å²) in [6.07, 6.45) is 4.42. The van der Waals surface area contributed by atoms with Gasteiger partial charge in [0.25, 0.3) is 0 Å². The number of tetrazole rings is 1. The molecule has 36 heavy (non-hydrogen) atoms. The highest BCUT2D eigenvalue weighted by Crippen LogP contribution is 2.32. The first-order chi connectivity index (χ1) is 17.6. The number of rotatable bonds is 7. The number of nitrogens with zero attached hydrogens (tertiary/aromatic N) is 6. The summed E-state index contributed by atoms with van der Waals surface area (Å²) in [5, 5.41) is 23.3. The van der Waals surface area contributed by atoms with Gasteiger partial charge in [-0.3, -0.25) is 9.80 Å². The molecule has 0 amide bonds. The largest absolute Gasteiger partial charge is 0.508 e. The van der Waals surface area contributed by atoms with E-state index in [1.807, 2.05) is 28.9 Å². The van der Waals surface area contributed by atoms with Gasteiger partial charge >= 0.3 is 0 Å². The third-order valence-corrected chi connectivity index (χ3v) is 6.82. The SMILES string of the molecule is Cc1cccc(C)c1-n1nnnc1[C@@H](c1cccc(O)c1)N1CCN(CC=Cc2ccccc2)CC1. The highest BCUT2D eigenvalue weighted by atomic mass is 16.3. The van der Waals surface area contributed by atoms with Gasteiger partial charge < -0.3 is 5.11 Å². The van der Waals surface area contributed by atoms with Crippen molar-refractivity contribution in [1.29, 1.82) is 0 Å². The van der Waals surface area contributed by atoms with Crippen molar-refractivity contribution in [3.8, 4) is 11.4 Å². The monoisotopic (exact) mass is 480 g/mol. The summed E-state index contributed by atoms with van der Waals surface area (Å²) in [6, 6.07) is 23.9. The van der Waals surface area contributed by atoms with Crippen molar-refractivity contribution in [2.24, 2.45) is 0 Å². The molecule has 2 heterocycles. The van der Waals surface area contributed by atoms with Gasteiger partial charge in [0.1, 0.15) is 5.75 Å². The van der Waals surface area contributed by atoms with Gasteiger partial charge in [0.05, 0.1) is 11.7 Å². The minimum atomic E-state index is -0.173. The first kappa shape index (κ1) is 23.9. The molecule has 0 aliphatic carbocycles. The van der Waals surface area contributed by atoms with E-state index in [9.17, 15) is 5.11 Å². The molecule has 1 saturated heterocycles. The first-order valence-electron chi connectivity index (χ1n) is 12.4. The fourth-order valence-corrected chi connectivity index (χ4v) is 4.99. The molecule has 7 heteroatoms. The average molecular weight is 481 g/mol. The normalized spacial score (nSPS) is 15.9. The number of phenols is 1. The summed E-state index contributed by atoms with van der Waals surface area (Å²) in [5.41, 5.74) is 5.45. The zero-order valence-corrected chi connectivity index (χ0v) is 20.8. The van der Waals surface area contributed by atoms with Crippen molar-refractivity contribution in [1.82, 2.24) is 30.0 Å². The molecule has 1 fully saturated rings. The van der Waals surface area contributed by atoms with E-state index in [-0.39, 0.29) is 11.8 Å². The molecule has 1 N–H and O–H groups in total. The van der Waals surface area contributed by atoms with Gasteiger partial charge in [0.2, 0.25) is 0 Å². The summed E-state index contributed by atoms with van der Waals surface area (Å²) in [4.78, 5) is 4.88.